The molecule has 0 amide bonds. The van der Waals surface area contributed by atoms with Crippen LogP contribution in [0.1, 0.15) is 65.2 Å². The molecule has 0 aliphatic heterocycles. The lowest BCUT2D eigenvalue weighted by atomic mass is 9.83. The topological polar surface area (TPSA) is 17.1 Å². The number of carbonyl (C=O) groups excluding carboxylic acids is 1. The summed E-state index contributed by atoms with van der Waals surface area (Å²) in [5.41, 5.74) is 0. The maximum atomic E-state index is 12.6. The van der Waals surface area contributed by atoms with Crippen LogP contribution in [0, 0.1) is 11.8 Å². The molecule has 1 aliphatic carbocycles. The third kappa shape index (κ3) is 5.95. The van der Waals surface area contributed by atoms with Gasteiger partial charge in [-0.1, -0.05) is 69.7 Å². The average Bonchev–Trinajstić information content (AvgIpc) is 2.43. The Kier molecular flexibility index (Phi) is 8.13. The Morgan fingerprint density at radius 3 is 2.53 bits per heavy atom. The van der Waals surface area contributed by atoms with Crippen LogP contribution in [-0.4, -0.2) is 5.78 Å². The zero-order valence-corrected chi connectivity index (χ0v) is 13.1. The van der Waals surface area contributed by atoms with Crippen molar-refractivity contribution in [3.05, 3.63) is 23.3 Å². The predicted molar refractivity (Wildman–Crippen MR) is 83.3 cm³/mol. The van der Waals surface area contributed by atoms with E-state index in [0.717, 1.165) is 30.7 Å². The van der Waals surface area contributed by atoms with Crippen LogP contribution in [0.25, 0.3) is 0 Å². The smallest absolute Gasteiger partial charge is 0.143 e. The molecule has 1 rings (SSSR count). The molecule has 0 N–H and O–H groups in total. The quantitative estimate of drug-likeness (QED) is 0.500. The highest BCUT2D eigenvalue weighted by Crippen LogP contribution is 2.27. The first-order chi connectivity index (χ1) is 9.19. The van der Waals surface area contributed by atoms with Crippen molar-refractivity contribution in [2.45, 2.75) is 65.2 Å². The van der Waals surface area contributed by atoms with Gasteiger partial charge in [-0.25, -0.2) is 0 Å². The highest BCUT2D eigenvalue weighted by atomic mass is 35.5. The lowest BCUT2D eigenvalue weighted by Gasteiger charge is -2.21. The molecule has 1 aliphatic rings. The van der Waals surface area contributed by atoms with Crippen LogP contribution in [0.15, 0.2) is 23.3 Å². The first-order valence-electron chi connectivity index (χ1n) is 7.76. The Bertz CT molecular complexity index is 330. The fourth-order valence-corrected chi connectivity index (χ4v) is 2.79. The number of unbranched alkanes of at least 4 members (excludes halogenated alkanes) is 3. The third-order valence-corrected chi connectivity index (χ3v) is 4.16. The molecule has 0 heterocycles. The van der Waals surface area contributed by atoms with Gasteiger partial charge in [0, 0.05) is 16.9 Å². The van der Waals surface area contributed by atoms with Gasteiger partial charge in [0.05, 0.1) is 0 Å². The summed E-state index contributed by atoms with van der Waals surface area (Å²) in [4.78, 5) is 12.6. The summed E-state index contributed by atoms with van der Waals surface area (Å²) < 4.78 is 0. The van der Waals surface area contributed by atoms with Gasteiger partial charge >= 0.3 is 0 Å². The molecular weight excluding hydrogens is 256 g/mol. The molecule has 108 valence electrons. The van der Waals surface area contributed by atoms with Gasteiger partial charge < -0.3 is 0 Å². The van der Waals surface area contributed by atoms with Crippen LogP contribution >= 0.6 is 11.6 Å². The van der Waals surface area contributed by atoms with E-state index in [1.807, 2.05) is 18.2 Å². The van der Waals surface area contributed by atoms with Crippen molar-refractivity contribution in [2.75, 3.05) is 0 Å². The number of allylic oxidation sites excluding steroid dienone is 4. The monoisotopic (exact) mass is 282 g/mol. The minimum Gasteiger partial charge on any atom is -0.299 e. The highest BCUT2D eigenvalue weighted by molar-refractivity contribution is 6.31. The van der Waals surface area contributed by atoms with E-state index in [0.29, 0.717) is 5.78 Å². The number of carbonyl (C=O) groups is 1. The predicted octanol–water partition coefficient (Wildman–Crippen LogP) is 5.64. The van der Waals surface area contributed by atoms with Crippen LogP contribution in [0.5, 0.6) is 0 Å². The normalized spacial score (nSPS) is 20.2. The molecule has 0 saturated carbocycles. The molecule has 0 aromatic carbocycles. The molecule has 0 fully saturated rings. The van der Waals surface area contributed by atoms with Gasteiger partial charge in [-0.05, 0) is 25.3 Å². The van der Waals surface area contributed by atoms with Crippen LogP contribution in [0.3, 0.4) is 0 Å². The molecule has 2 atom stereocenters. The Balaban J connectivity index is 2.52. The fraction of sp³-hybridized carbons (Fsp3) is 0.706. The van der Waals surface area contributed by atoms with Gasteiger partial charge in [0.15, 0.2) is 0 Å². The number of hydrogen-bond donors (Lipinski definition) is 0. The van der Waals surface area contributed by atoms with Crippen LogP contribution < -0.4 is 0 Å². The second-order valence-electron chi connectivity index (χ2n) is 5.53. The Hall–Kier alpha value is -0.560. The van der Waals surface area contributed by atoms with Crippen molar-refractivity contribution in [1.82, 2.24) is 0 Å². The zero-order valence-electron chi connectivity index (χ0n) is 12.3. The van der Waals surface area contributed by atoms with E-state index < -0.39 is 0 Å². The van der Waals surface area contributed by atoms with Crippen LogP contribution in [0.4, 0.5) is 0 Å². The van der Waals surface area contributed by atoms with Crippen LogP contribution in [0.2, 0.25) is 0 Å². The van der Waals surface area contributed by atoms with Gasteiger partial charge in [0.25, 0.3) is 0 Å². The first kappa shape index (κ1) is 16.5. The lowest BCUT2D eigenvalue weighted by Crippen LogP contribution is -2.23. The molecule has 0 bridgehead atoms. The summed E-state index contributed by atoms with van der Waals surface area (Å²) in [5.74, 6) is 0.749. The van der Waals surface area contributed by atoms with E-state index in [1.54, 1.807) is 0 Å². The number of ketones is 1. The van der Waals surface area contributed by atoms with Crippen molar-refractivity contribution < 1.29 is 4.79 Å². The summed E-state index contributed by atoms with van der Waals surface area (Å²) in [7, 11) is 0. The maximum Gasteiger partial charge on any atom is 0.143 e. The van der Waals surface area contributed by atoms with Gasteiger partial charge in [-0.15, -0.1) is 0 Å². The van der Waals surface area contributed by atoms with Crippen molar-refractivity contribution in [3.8, 4) is 0 Å². The number of hydrogen-bond acceptors (Lipinski definition) is 1. The molecule has 0 saturated heterocycles. The molecule has 1 nitrogen and oxygen atoms in total. The lowest BCUT2D eigenvalue weighted by molar-refractivity contribution is -0.125. The molecule has 0 radical (unpaired) electrons. The standard InChI is InChI=1S/C17H27ClO/c1-3-5-7-9-14(8-6-4-2)17(19)15-10-12-16(18)13-11-15/h10,12-15H,3-9,11H2,1-2H3. The molecule has 2 heteroatoms. The molecule has 19 heavy (non-hydrogen) atoms. The van der Waals surface area contributed by atoms with E-state index in [1.165, 1.54) is 25.7 Å². The van der Waals surface area contributed by atoms with Gasteiger partial charge in [0.2, 0.25) is 0 Å². The Morgan fingerprint density at radius 2 is 1.95 bits per heavy atom. The number of Topliss-reactive ketones (excluding diaryl/α,β-unsaturated/α-hetero) is 1. The van der Waals surface area contributed by atoms with Gasteiger partial charge in [-0.3, -0.25) is 4.79 Å². The van der Waals surface area contributed by atoms with Gasteiger partial charge in [-0.2, -0.15) is 0 Å². The van der Waals surface area contributed by atoms with E-state index >= 15 is 0 Å². The van der Waals surface area contributed by atoms with E-state index in [-0.39, 0.29) is 11.8 Å². The van der Waals surface area contributed by atoms with Crippen molar-refractivity contribution >= 4 is 17.4 Å². The summed E-state index contributed by atoms with van der Waals surface area (Å²) in [6.45, 7) is 4.40. The molecule has 2 unspecified atom stereocenters. The number of rotatable bonds is 9. The van der Waals surface area contributed by atoms with Crippen molar-refractivity contribution in [1.29, 1.82) is 0 Å². The minimum absolute atomic E-state index is 0.0611. The Labute approximate surface area is 123 Å². The van der Waals surface area contributed by atoms with Crippen molar-refractivity contribution in [3.63, 3.8) is 0 Å². The molecule has 0 spiro atoms. The fourth-order valence-electron chi connectivity index (χ4n) is 2.63. The highest BCUT2D eigenvalue weighted by Gasteiger charge is 2.24. The van der Waals surface area contributed by atoms with E-state index in [9.17, 15) is 4.79 Å². The second kappa shape index (κ2) is 9.36. The van der Waals surface area contributed by atoms with Crippen LogP contribution in [-0.2, 0) is 4.79 Å². The largest absolute Gasteiger partial charge is 0.299 e. The second-order valence-corrected chi connectivity index (χ2v) is 5.96. The number of halogens is 1. The first-order valence-corrected chi connectivity index (χ1v) is 8.14. The molecule has 0 aromatic rings. The van der Waals surface area contributed by atoms with Crippen molar-refractivity contribution in [2.24, 2.45) is 11.8 Å². The zero-order chi connectivity index (χ0) is 14.1. The Morgan fingerprint density at radius 1 is 1.26 bits per heavy atom. The van der Waals surface area contributed by atoms with E-state index in [4.69, 9.17) is 11.6 Å². The maximum absolute atomic E-state index is 12.6. The third-order valence-electron chi connectivity index (χ3n) is 3.88. The van der Waals surface area contributed by atoms with E-state index in [2.05, 4.69) is 13.8 Å². The average molecular weight is 283 g/mol. The summed E-state index contributed by atoms with van der Waals surface area (Å²) >= 11 is 5.92. The SMILES string of the molecule is CCCCCC(CCCC)C(=O)C1C=CC(Cl)=CC1. The minimum atomic E-state index is 0.0611. The summed E-state index contributed by atoms with van der Waals surface area (Å²) in [6, 6.07) is 0. The van der Waals surface area contributed by atoms with Gasteiger partial charge in [0.1, 0.15) is 5.78 Å². The summed E-state index contributed by atoms with van der Waals surface area (Å²) in [5, 5.41) is 0.764. The molecular formula is C17H27ClO. The summed E-state index contributed by atoms with van der Waals surface area (Å²) in [6.07, 6.45) is 14.7. The molecule has 0 aromatic heterocycles.